The van der Waals surface area contributed by atoms with Crippen LogP contribution in [0, 0.1) is 5.41 Å². The van der Waals surface area contributed by atoms with E-state index < -0.39 is 11.6 Å². The molecular formula is C5H7F3S. The molecule has 0 atom stereocenters. The van der Waals surface area contributed by atoms with E-state index in [2.05, 4.69) is 12.6 Å². The Morgan fingerprint density at radius 2 is 1.78 bits per heavy atom. The van der Waals surface area contributed by atoms with E-state index >= 15 is 0 Å². The fourth-order valence-corrected chi connectivity index (χ4v) is 1.18. The molecule has 0 bridgehead atoms. The Balaban J connectivity index is 2.60. The predicted molar refractivity (Wildman–Crippen MR) is 31.6 cm³/mol. The molecule has 0 N–H and O–H groups in total. The molecule has 0 spiro atoms. The van der Waals surface area contributed by atoms with Crippen LogP contribution in [-0.2, 0) is 0 Å². The maximum atomic E-state index is 11.8. The van der Waals surface area contributed by atoms with Gasteiger partial charge in [-0.05, 0) is 12.8 Å². The Hall–Kier alpha value is 0.140. The van der Waals surface area contributed by atoms with Gasteiger partial charge in [0, 0.05) is 5.75 Å². The molecular weight excluding hydrogens is 149 g/mol. The highest BCUT2D eigenvalue weighted by atomic mass is 32.1. The average molecular weight is 156 g/mol. The van der Waals surface area contributed by atoms with E-state index in [1.165, 1.54) is 0 Å². The molecule has 1 rings (SSSR count). The number of halogens is 3. The van der Waals surface area contributed by atoms with Crippen LogP contribution in [0.1, 0.15) is 12.8 Å². The van der Waals surface area contributed by atoms with Crippen LogP contribution in [0.4, 0.5) is 13.2 Å². The van der Waals surface area contributed by atoms with Crippen molar-refractivity contribution >= 4 is 12.6 Å². The molecule has 0 radical (unpaired) electrons. The molecule has 0 aromatic rings. The van der Waals surface area contributed by atoms with Crippen molar-refractivity contribution in [3.8, 4) is 0 Å². The maximum Gasteiger partial charge on any atom is 0.395 e. The van der Waals surface area contributed by atoms with E-state index in [4.69, 9.17) is 0 Å². The van der Waals surface area contributed by atoms with Crippen LogP contribution in [0.15, 0.2) is 0 Å². The first-order chi connectivity index (χ1) is 4.02. The molecule has 1 aliphatic rings. The fourth-order valence-electron chi connectivity index (χ4n) is 0.682. The van der Waals surface area contributed by atoms with Gasteiger partial charge in [0.05, 0.1) is 5.41 Å². The number of rotatable bonds is 1. The van der Waals surface area contributed by atoms with Crippen LogP contribution in [0.5, 0.6) is 0 Å². The molecule has 0 saturated heterocycles. The highest BCUT2D eigenvalue weighted by Gasteiger charge is 2.61. The van der Waals surface area contributed by atoms with Crippen molar-refractivity contribution in [2.45, 2.75) is 19.0 Å². The summed E-state index contributed by atoms with van der Waals surface area (Å²) in [5.74, 6) is -0.0590. The molecule has 9 heavy (non-hydrogen) atoms. The molecule has 0 amide bonds. The molecule has 1 aliphatic carbocycles. The Kier molecular flexibility index (Phi) is 1.46. The van der Waals surface area contributed by atoms with Crippen molar-refractivity contribution in [3.05, 3.63) is 0 Å². The zero-order chi connectivity index (χ0) is 7.12. The van der Waals surface area contributed by atoms with Crippen molar-refractivity contribution in [3.63, 3.8) is 0 Å². The normalized spacial score (nSPS) is 24.0. The van der Waals surface area contributed by atoms with E-state index in [1.54, 1.807) is 0 Å². The zero-order valence-electron chi connectivity index (χ0n) is 4.70. The van der Waals surface area contributed by atoms with Crippen LogP contribution >= 0.6 is 12.6 Å². The summed E-state index contributed by atoms with van der Waals surface area (Å²) >= 11 is 3.64. The summed E-state index contributed by atoms with van der Waals surface area (Å²) in [5, 5.41) is 0. The molecule has 54 valence electrons. The molecule has 0 heterocycles. The van der Waals surface area contributed by atoms with Gasteiger partial charge in [0.15, 0.2) is 0 Å². The lowest BCUT2D eigenvalue weighted by atomic mass is 10.1. The highest BCUT2D eigenvalue weighted by molar-refractivity contribution is 7.80. The van der Waals surface area contributed by atoms with Gasteiger partial charge in [-0.15, -0.1) is 0 Å². The summed E-state index contributed by atoms with van der Waals surface area (Å²) in [5.41, 5.74) is -1.41. The van der Waals surface area contributed by atoms with Crippen molar-refractivity contribution < 1.29 is 13.2 Å². The summed E-state index contributed by atoms with van der Waals surface area (Å²) in [6.07, 6.45) is -3.49. The van der Waals surface area contributed by atoms with Crippen LogP contribution in [0.2, 0.25) is 0 Å². The van der Waals surface area contributed by atoms with Gasteiger partial charge in [-0.3, -0.25) is 0 Å². The second-order valence-electron chi connectivity index (χ2n) is 2.44. The highest BCUT2D eigenvalue weighted by Crippen LogP contribution is 2.57. The summed E-state index contributed by atoms with van der Waals surface area (Å²) in [6.45, 7) is 0. The van der Waals surface area contributed by atoms with Crippen LogP contribution in [-0.4, -0.2) is 11.9 Å². The third kappa shape index (κ3) is 1.04. The van der Waals surface area contributed by atoms with Crippen molar-refractivity contribution in [2.24, 2.45) is 5.41 Å². The van der Waals surface area contributed by atoms with Gasteiger partial charge in [0.25, 0.3) is 0 Å². The number of hydrogen-bond donors (Lipinski definition) is 1. The quantitative estimate of drug-likeness (QED) is 0.553. The molecule has 0 aromatic heterocycles. The van der Waals surface area contributed by atoms with E-state index in [0.29, 0.717) is 0 Å². The zero-order valence-corrected chi connectivity index (χ0v) is 5.60. The van der Waals surface area contributed by atoms with Gasteiger partial charge in [-0.2, -0.15) is 25.8 Å². The van der Waals surface area contributed by atoms with Gasteiger partial charge in [0.1, 0.15) is 0 Å². The Morgan fingerprint density at radius 3 is 1.78 bits per heavy atom. The number of thiol groups is 1. The van der Waals surface area contributed by atoms with Gasteiger partial charge in [-0.1, -0.05) is 0 Å². The van der Waals surface area contributed by atoms with E-state index in [9.17, 15) is 13.2 Å². The Bertz CT molecular complexity index is 114. The van der Waals surface area contributed by atoms with Gasteiger partial charge >= 0.3 is 6.18 Å². The van der Waals surface area contributed by atoms with E-state index in [1.807, 2.05) is 0 Å². The van der Waals surface area contributed by atoms with E-state index in [-0.39, 0.29) is 18.6 Å². The van der Waals surface area contributed by atoms with Crippen molar-refractivity contribution in [1.82, 2.24) is 0 Å². The molecule has 1 fully saturated rings. The van der Waals surface area contributed by atoms with Crippen LogP contribution in [0.25, 0.3) is 0 Å². The second kappa shape index (κ2) is 1.81. The van der Waals surface area contributed by atoms with Gasteiger partial charge in [-0.25, -0.2) is 0 Å². The third-order valence-electron chi connectivity index (χ3n) is 1.76. The molecule has 4 heteroatoms. The molecule has 0 aliphatic heterocycles. The number of alkyl halides is 3. The largest absolute Gasteiger partial charge is 0.395 e. The molecule has 0 aromatic carbocycles. The van der Waals surface area contributed by atoms with Crippen LogP contribution < -0.4 is 0 Å². The summed E-state index contributed by atoms with van der Waals surface area (Å²) in [6, 6.07) is 0. The van der Waals surface area contributed by atoms with Crippen molar-refractivity contribution in [2.75, 3.05) is 5.75 Å². The SMILES string of the molecule is FC(F)(F)C1(CS)CC1. The first-order valence-electron chi connectivity index (χ1n) is 2.69. The summed E-state index contributed by atoms with van der Waals surface area (Å²) in [7, 11) is 0. The Labute approximate surface area is 56.8 Å². The van der Waals surface area contributed by atoms with Gasteiger partial charge < -0.3 is 0 Å². The lowest BCUT2D eigenvalue weighted by Gasteiger charge is -2.15. The molecule has 0 unspecified atom stereocenters. The van der Waals surface area contributed by atoms with Crippen LogP contribution in [0.3, 0.4) is 0 Å². The minimum absolute atomic E-state index is 0.0590. The second-order valence-corrected chi connectivity index (χ2v) is 2.75. The molecule has 0 nitrogen and oxygen atoms in total. The Morgan fingerprint density at radius 1 is 1.33 bits per heavy atom. The standard InChI is InChI=1S/C5H7F3S/c6-5(7,8)4(3-9)1-2-4/h9H,1-3H2. The third-order valence-corrected chi connectivity index (χ3v) is 2.36. The lowest BCUT2D eigenvalue weighted by molar-refractivity contribution is -0.179. The first kappa shape index (κ1) is 7.25. The maximum absolute atomic E-state index is 11.8. The molecule has 1 saturated carbocycles. The monoisotopic (exact) mass is 156 g/mol. The minimum Gasteiger partial charge on any atom is -0.178 e. The predicted octanol–water partition coefficient (Wildman–Crippen LogP) is 2.26. The fraction of sp³-hybridized carbons (Fsp3) is 1.00. The topological polar surface area (TPSA) is 0 Å². The smallest absolute Gasteiger partial charge is 0.178 e. The average Bonchev–Trinajstić information content (AvgIpc) is 2.40. The first-order valence-corrected chi connectivity index (χ1v) is 3.33. The minimum atomic E-state index is -4.02. The summed E-state index contributed by atoms with van der Waals surface area (Å²) < 4.78 is 35.5. The van der Waals surface area contributed by atoms with Crippen molar-refractivity contribution in [1.29, 1.82) is 0 Å². The number of hydrogen-bond acceptors (Lipinski definition) is 1. The lowest BCUT2D eigenvalue weighted by Crippen LogP contribution is -2.25. The van der Waals surface area contributed by atoms with Gasteiger partial charge in [0.2, 0.25) is 0 Å². The van der Waals surface area contributed by atoms with E-state index in [0.717, 1.165) is 0 Å². The summed E-state index contributed by atoms with van der Waals surface area (Å²) in [4.78, 5) is 0.